The van der Waals surface area contributed by atoms with Crippen molar-refractivity contribution >= 4 is 28.4 Å². The molecule has 2 fully saturated rings. The zero-order chi connectivity index (χ0) is 35.3. The molecule has 1 aromatic heterocycles. The minimum Gasteiger partial charge on any atom is -0.390 e. The number of piperidine rings is 1. The van der Waals surface area contributed by atoms with Crippen LogP contribution in [0, 0.1) is 17.2 Å². The number of hydrogen-bond acceptors (Lipinski definition) is 12. The van der Waals surface area contributed by atoms with Crippen molar-refractivity contribution in [2.45, 2.75) is 63.9 Å². The van der Waals surface area contributed by atoms with Crippen LogP contribution < -0.4 is 10.2 Å². The third kappa shape index (κ3) is 10.3. The molecule has 14 heteroatoms. The molecule has 0 unspecified atom stereocenters. The number of hydrogen-bond donors (Lipinski definition) is 3. The van der Waals surface area contributed by atoms with Gasteiger partial charge in [-0.2, -0.15) is 5.26 Å². The van der Waals surface area contributed by atoms with Gasteiger partial charge in [0, 0.05) is 38.3 Å². The van der Waals surface area contributed by atoms with Crippen molar-refractivity contribution in [1.82, 2.24) is 20.3 Å². The first kappa shape index (κ1) is 37.3. The van der Waals surface area contributed by atoms with Crippen LogP contribution in [-0.2, 0) is 41.6 Å². The van der Waals surface area contributed by atoms with Crippen LogP contribution in [0.15, 0.2) is 48.2 Å². The van der Waals surface area contributed by atoms with Gasteiger partial charge in [-0.25, -0.2) is 4.68 Å². The lowest BCUT2D eigenvalue weighted by molar-refractivity contribution is -0.277. The highest BCUT2D eigenvalue weighted by Gasteiger charge is 2.42. The number of methoxy groups -OCH3 is 1. The maximum Gasteiger partial charge on any atom is 0.262 e. The van der Waals surface area contributed by atoms with Gasteiger partial charge in [-0.1, -0.05) is 30.3 Å². The molecule has 1 amide bonds. The summed E-state index contributed by atoms with van der Waals surface area (Å²) in [7, 11) is 1.45. The Hall–Kier alpha value is -3.94. The van der Waals surface area contributed by atoms with E-state index in [9.17, 15) is 20.3 Å². The van der Waals surface area contributed by atoms with Crippen LogP contribution in [0.2, 0.25) is 0 Å². The molecular weight excluding hydrogens is 644 g/mol. The normalized spacial score (nSPS) is 22.8. The van der Waals surface area contributed by atoms with E-state index in [0.717, 1.165) is 29.4 Å². The molecule has 0 aliphatic carbocycles. The molecule has 2 saturated heterocycles. The fraction of sp³-hybridized carbons (Fsp3) is 0.556. The fourth-order valence-corrected chi connectivity index (χ4v) is 6.10. The summed E-state index contributed by atoms with van der Waals surface area (Å²) in [6.45, 7) is 6.37. The summed E-state index contributed by atoms with van der Waals surface area (Å²) in [5.41, 5.74) is 2.68. The van der Waals surface area contributed by atoms with Crippen molar-refractivity contribution < 1.29 is 38.7 Å². The van der Waals surface area contributed by atoms with Gasteiger partial charge in [-0.05, 0) is 59.9 Å². The molecule has 3 aromatic rings. The van der Waals surface area contributed by atoms with Gasteiger partial charge in [0.05, 0.1) is 58.5 Å². The Morgan fingerprint density at radius 1 is 1.02 bits per heavy atom. The number of anilines is 1. The number of carbonyl (C=O) groups excluding carboxylic acids is 1. The number of benzene rings is 2. The zero-order valence-electron chi connectivity index (χ0n) is 28.8. The molecule has 5 atom stereocenters. The Bertz CT molecular complexity index is 1600. The van der Waals surface area contributed by atoms with E-state index in [4.69, 9.17) is 23.7 Å². The molecule has 2 aromatic carbocycles. The number of nitrogens with one attached hydrogen (secondary N) is 1. The van der Waals surface area contributed by atoms with Crippen molar-refractivity contribution in [3.8, 4) is 6.07 Å². The second-order valence-corrected chi connectivity index (χ2v) is 12.6. The van der Waals surface area contributed by atoms with Crippen LogP contribution in [-0.4, -0.2) is 115 Å². The Kier molecular flexibility index (Phi) is 14.1. The number of fused-ring (bicyclic) bond motifs is 1. The fourth-order valence-electron chi connectivity index (χ4n) is 6.10. The van der Waals surface area contributed by atoms with Crippen molar-refractivity contribution in [3.63, 3.8) is 0 Å². The first-order chi connectivity index (χ1) is 24.4. The van der Waals surface area contributed by atoms with Gasteiger partial charge < -0.3 is 44.1 Å². The highest BCUT2D eigenvalue weighted by atomic mass is 16.7. The first-order valence-corrected chi connectivity index (χ1v) is 17.2. The number of aliphatic hydroxyl groups excluding tert-OH is 2. The van der Waals surface area contributed by atoms with Crippen LogP contribution in [0.4, 0.5) is 5.69 Å². The average Bonchev–Trinajstić information content (AvgIpc) is 3.59. The summed E-state index contributed by atoms with van der Waals surface area (Å²) in [6, 6.07) is 14.4. The maximum absolute atomic E-state index is 12.6. The highest BCUT2D eigenvalue weighted by molar-refractivity contribution is 6.02. The lowest BCUT2D eigenvalue weighted by atomic mass is 9.90. The van der Waals surface area contributed by atoms with E-state index in [2.05, 4.69) is 38.7 Å². The number of rotatable bonds is 17. The highest BCUT2D eigenvalue weighted by Crippen LogP contribution is 2.28. The summed E-state index contributed by atoms with van der Waals surface area (Å²) in [4.78, 5) is 15.0. The monoisotopic (exact) mass is 692 g/mol. The van der Waals surface area contributed by atoms with Gasteiger partial charge in [0.1, 0.15) is 29.5 Å². The number of nitrogens with zero attached hydrogens (tertiary/aromatic N) is 5. The maximum atomic E-state index is 12.6. The lowest BCUT2D eigenvalue weighted by Gasteiger charge is -2.40. The topological polar surface area (TPSA) is 173 Å². The number of ether oxygens (including phenoxy) is 5. The summed E-state index contributed by atoms with van der Waals surface area (Å²) < 4.78 is 29.1. The van der Waals surface area contributed by atoms with E-state index in [1.54, 1.807) is 23.9 Å². The van der Waals surface area contributed by atoms with E-state index in [0.29, 0.717) is 32.1 Å². The van der Waals surface area contributed by atoms with Crippen molar-refractivity contribution in [1.29, 1.82) is 5.26 Å². The molecule has 0 radical (unpaired) electrons. The van der Waals surface area contributed by atoms with E-state index < -0.39 is 36.4 Å². The largest absolute Gasteiger partial charge is 0.390 e. The van der Waals surface area contributed by atoms with Crippen LogP contribution in [0.1, 0.15) is 37.4 Å². The van der Waals surface area contributed by atoms with E-state index in [-0.39, 0.29) is 31.9 Å². The molecule has 0 bridgehead atoms. The second kappa shape index (κ2) is 18.9. The van der Waals surface area contributed by atoms with Crippen LogP contribution in [0.3, 0.4) is 0 Å². The van der Waals surface area contributed by atoms with E-state index in [1.807, 2.05) is 24.3 Å². The van der Waals surface area contributed by atoms with E-state index in [1.165, 1.54) is 32.1 Å². The zero-order valence-corrected chi connectivity index (χ0v) is 28.8. The minimum absolute atomic E-state index is 0.0350. The molecule has 5 rings (SSSR count). The summed E-state index contributed by atoms with van der Waals surface area (Å²) in [5.74, 6) is -0.860. The van der Waals surface area contributed by atoms with E-state index >= 15 is 0 Å². The van der Waals surface area contributed by atoms with Gasteiger partial charge in [0.25, 0.3) is 5.91 Å². The molecule has 14 nitrogen and oxygen atoms in total. The number of amides is 1. The number of carbonyl (C=O) groups is 1. The Morgan fingerprint density at radius 3 is 2.50 bits per heavy atom. The second-order valence-electron chi connectivity index (χ2n) is 12.6. The number of aliphatic hydroxyl groups is 2. The van der Waals surface area contributed by atoms with Crippen molar-refractivity contribution in [3.05, 3.63) is 59.4 Å². The Balaban J connectivity index is 0.920. The minimum atomic E-state index is -0.917. The summed E-state index contributed by atoms with van der Waals surface area (Å²) >= 11 is 0. The molecule has 270 valence electrons. The van der Waals surface area contributed by atoms with Gasteiger partial charge in [-0.15, -0.1) is 5.10 Å². The number of nitriles is 1. The van der Waals surface area contributed by atoms with Crippen LogP contribution >= 0.6 is 0 Å². The smallest absolute Gasteiger partial charge is 0.262 e. The van der Waals surface area contributed by atoms with Crippen molar-refractivity contribution in [2.75, 3.05) is 64.7 Å². The molecule has 50 heavy (non-hydrogen) atoms. The third-order valence-corrected chi connectivity index (χ3v) is 9.00. The van der Waals surface area contributed by atoms with Crippen LogP contribution in [0.25, 0.3) is 16.8 Å². The molecule has 2 aliphatic heterocycles. The lowest BCUT2D eigenvalue weighted by Crippen LogP contribution is -2.54. The standard InChI is InChI=1S/C36H48N6O8/c1-25-33(43)32(50-36(46-2)34(25)44)23-42-22-30(39-40-42)24-49-17-16-48-15-14-47-13-10-38-35(45)29(21-37)19-26-6-7-28-20-31(9-8-27(28)18-26)41-11-4-3-5-12-41/h6-9,18-20,22,25,32-34,36,43-44H,3-5,10-17,23-24H2,1-2H3,(H,38,45)/b29-19+/t25-,32+,33-,34+,36-/m0/s1. The SMILES string of the molecule is CO[C@H]1O[C@H](Cn2cc(COCCOCCOCCNC(=O)/C(C#N)=C/c3ccc4cc(N5CCCCC5)ccc4c3)nn2)[C@@H](O)[C@H](C)[C@H]1O. The van der Waals surface area contributed by atoms with Gasteiger partial charge in [0.2, 0.25) is 0 Å². The predicted octanol–water partition coefficient (Wildman–Crippen LogP) is 2.42. The quantitative estimate of drug-likeness (QED) is 0.107. The first-order valence-electron chi connectivity index (χ1n) is 17.2. The molecule has 2 aliphatic rings. The van der Waals surface area contributed by atoms with Gasteiger partial charge in [0.15, 0.2) is 6.29 Å². The Labute approximate surface area is 292 Å². The third-order valence-electron chi connectivity index (χ3n) is 9.00. The molecule has 0 saturated carbocycles. The van der Waals surface area contributed by atoms with Crippen molar-refractivity contribution in [2.24, 2.45) is 5.92 Å². The molecule has 3 N–H and O–H groups in total. The molecule has 0 spiro atoms. The molecule has 3 heterocycles. The van der Waals surface area contributed by atoms with Gasteiger partial charge in [-0.3, -0.25) is 4.79 Å². The number of aromatic nitrogens is 3. The molecular formula is C36H48N6O8. The summed E-state index contributed by atoms with van der Waals surface area (Å²) in [6.07, 6.45) is 3.85. The van der Waals surface area contributed by atoms with Crippen LogP contribution in [0.5, 0.6) is 0 Å². The summed E-state index contributed by atoms with van der Waals surface area (Å²) in [5, 5.41) is 43.3. The predicted molar refractivity (Wildman–Crippen MR) is 185 cm³/mol. The average molecular weight is 693 g/mol. The van der Waals surface area contributed by atoms with Gasteiger partial charge >= 0.3 is 0 Å². The Morgan fingerprint density at radius 2 is 1.74 bits per heavy atom.